The van der Waals surface area contributed by atoms with Gasteiger partial charge in [0.05, 0.1) is 12.1 Å². The van der Waals surface area contributed by atoms with E-state index in [1.807, 2.05) is 30.3 Å². The molecule has 7 nitrogen and oxygen atoms in total. The van der Waals surface area contributed by atoms with Crippen molar-refractivity contribution in [1.82, 2.24) is 9.62 Å². The van der Waals surface area contributed by atoms with E-state index >= 15 is 0 Å². The van der Waals surface area contributed by atoms with E-state index in [9.17, 15) is 22.4 Å². The van der Waals surface area contributed by atoms with Gasteiger partial charge in [0.15, 0.2) is 5.78 Å². The lowest BCUT2D eigenvalue weighted by Crippen LogP contribution is -2.60. The number of ether oxygens (including phenoxy) is 1. The zero-order chi connectivity index (χ0) is 23.7. The van der Waals surface area contributed by atoms with Gasteiger partial charge in [-0.25, -0.2) is 22.3 Å². The fraction of sp³-hybridized carbons (Fsp3) is 0.391. The van der Waals surface area contributed by atoms with E-state index in [0.29, 0.717) is 11.1 Å². The monoisotopic (exact) mass is 462 g/mol. The Labute approximate surface area is 187 Å². The maximum absolute atomic E-state index is 14.6. The molecule has 1 aliphatic rings. The number of nitrogens with zero attached hydrogens (tertiary/aromatic N) is 1. The molecule has 172 valence electrons. The molecule has 1 amide bonds. The highest BCUT2D eigenvalue weighted by Gasteiger charge is 2.41. The molecule has 0 unspecified atom stereocenters. The normalized spacial score (nSPS) is 14.7. The highest BCUT2D eigenvalue weighted by Crippen LogP contribution is 2.25. The van der Waals surface area contributed by atoms with E-state index in [-0.39, 0.29) is 18.7 Å². The van der Waals surface area contributed by atoms with Gasteiger partial charge in [-0.05, 0) is 56.5 Å². The van der Waals surface area contributed by atoms with Crippen molar-refractivity contribution in [3.8, 4) is 11.1 Å². The van der Waals surface area contributed by atoms with Gasteiger partial charge in [-0.3, -0.25) is 4.79 Å². The number of Topliss-reactive ketones (excluding diaryl/α,β-unsaturated/α-hetero) is 1. The number of carbonyl (C=O) groups excluding carboxylic acids is 2. The van der Waals surface area contributed by atoms with Crippen LogP contribution in [0.3, 0.4) is 0 Å². The number of hydrogen-bond acceptors (Lipinski definition) is 5. The number of carbonyl (C=O) groups is 2. The van der Waals surface area contributed by atoms with E-state index in [1.54, 1.807) is 33.8 Å². The Balaban J connectivity index is 1.65. The number of benzene rings is 2. The largest absolute Gasteiger partial charge is 0.444 e. The first-order chi connectivity index (χ1) is 14.9. The molecule has 0 aromatic heterocycles. The minimum absolute atomic E-state index is 0.0323. The molecule has 3 rings (SSSR count). The maximum atomic E-state index is 14.6. The summed E-state index contributed by atoms with van der Waals surface area (Å²) in [6.07, 6.45) is -0.588. The first-order valence-corrected chi connectivity index (χ1v) is 11.8. The molecule has 1 heterocycles. The number of likely N-dealkylation sites (tertiary alicyclic amines) is 1. The smallest absolute Gasteiger partial charge is 0.410 e. The van der Waals surface area contributed by atoms with Crippen LogP contribution in [-0.2, 0) is 14.8 Å². The standard InChI is InChI=1S/C23H27FN2O5S/c1-15-10-17(16-8-6-5-7-9-16)11-19(21(15)24)20(27)12-25-32(29,30)18-13-26(14-18)22(28)31-23(2,3)4/h5-11,18,25H,12-14H2,1-4H3. The summed E-state index contributed by atoms with van der Waals surface area (Å²) in [5, 5.41) is -0.856. The molecule has 0 radical (unpaired) electrons. The van der Waals surface area contributed by atoms with E-state index in [1.165, 1.54) is 11.0 Å². The highest BCUT2D eigenvalue weighted by atomic mass is 32.2. The first-order valence-electron chi connectivity index (χ1n) is 10.2. The van der Waals surface area contributed by atoms with Crippen LogP contribution in [0.15, 0.2) is 42.5 Å². The molecule has 2 aromatic rings. The predicted molar refractivity (Wildman–Crippen MR) is 119 cm³/mol. The molecule has 2 aromatic carbocycles. The third-order valence-electron chi connectivity index (χ3n) is 5.03. The Morgan fingerprint density at radius 3 is 2.34 bits per heavy atom. The number of aryl methyl sites for hydroxylation is 1. The van der Waals surface area contributed by atoms with Gasteiger partial charge in [0.1, 0.15) is 16.7 Å². The Hall–Kier alpha value is -2.78. The topological polar surface area (TPSA) is 92.8 Å². The molecule has 1 fully saturated rings. The molecule has 9 heteroatoms. The van der Waals surface area contributed by atoms with E-state index in [2.05, 4.69) is 4.72 Å². The van der Waals surface area contributed by atoms with E-state index < -0.39 is 45.1 Å². The van der Waals surface area contributed by atoms with Crippen molar-refractivity contribution in [3.05, 3.63) is 59.4 Å². The van der Waals surface area contributed by atoms with Crippen molar-refractivity contribution < 1.29 is 27.1 Å². The van der Waals surface area contributed by atoms with Crippen molar-refractivity contribution in [2.75, 3.05) is 19.6 Å². The van der Waals surface area contributed by atoms with E-state index in [0.717, 1.165) is 5.56 Å². The van der Waals surface area contributed by atoms with Gasteiger partial charge < -0.3 is 9.64 Å². The van der Waals surface area contributed by atoms with Crippen LogP contribution < -0.4 is 4.72 Å². The Bertz CT molecular complexity index is 1120. The molecule has 0 aliphatic carbocycles. The molecule has 1 saturated heterocycles. The van der Waals surface area contributed by atoms with Crippen molar-refractivity contribution in [1.29, 1.82) is 0 Å². The quantitative estimate of drug-likeness (QED) is 0.663. The number of amides is 1. The molecule has 32 heavy (non-hydrogen) atoms. The van der Waals surface area contributed by atoms with Crippen LogP contribution in [0.4, 0.5) is 9.18 Å². The summed E-state index contributed by atoms with van der Waals surface area (Å²) >= 11 is 0. The summed E-state index contributed by atoms with van der Waals surface area (Å²) in [5.41, 5.74) is 0.937. The average Bonchev–Trinajstić information content (AvgIpc) is 2.66. The molecule has 0 spiro atoms. The first kappa shape index (κ1) is 23.9. The zero-order valence-corrected chi connectivity index (χ0v) is 19.3. The minimum Gasteiger partial charge on any atom is -0.444 e. The van der Waals surface area contributed by atoms with Crippen molar-refractivity contribution >= 4 is 21.9 Å². The van der Waals surface area contributed by atoms with Gasteiger partial charge in [0.2, 0.25) is 10.0 Å². The number of nitrogens with one attached hydrogen (secondary N) is 1. The highest BCUT2D eigenvalue weighted by molar-refractivity contribution is 7.90. The van der Waals surface area contributed by atoms with Crippen molar-refractivity contribution in [3.63, 3.8) is 0 Å². The second-order valence-corrected chi connectivity index (χ2v) is 10.9. The summed E-state index contributed by atoms with van der Waals surface area (Å²) < 4.78 is 47.1. The number of sulfonamides is 1. The number of rotatable bonds is 6. The lowest BCUT2D eigenvalue weighted by atomic mass is 9.98. The van der Waals surface area contributed by atoms with Crippen LogP contribution in [0.2, 0.25) is 0 Å². The Kier molecular flexibility index (Phi) is 6.71. The fourth-order valence-electron chi connectivity index (χ4n) is 3.26. The predicted octanol–water partition coefficient (Wildman–Crippen LogP) is 3.52. The summed E-state index contributed by atoms with van der Waals surface area (Å²) in [6.45, 7) is 6.09. The number of ketones is 1. The minimum atomic E-state index is -3.86. The molecular formula is C23H27FN2O5S. The fourth-order valence-corrected chi connectivity index (χ4v) is 4.58. The zero-order valence-electron chi connectivity index (χ0n) is 18.5. The third kappa shape index (κ3) is 5.52. The van der Waals surface area contributed by atoms with Crippen molar-refractivity contribution in [2.24, 2.45) is 0 Å². The second-order valence-electron chi connectivity index (χ2n) is 8.82. The SMILES string of the molecule is Cc1cc(-c2ccccc2)cc(C(=O)CNS(=O)(=O)C2CN(C(=O)OC(C)(C)C)C2)c1F. The van der Waals surface area contributed by atoms with Gasteiger partial charge in [0.25, 0.3) is 0 Å². The van der Waals surface area contributed by atoms with Gasteiger partial charge in [-0.15, -0.1) is 0 Å². The van der Waals surface area contributed by atoms with Gasteiger partial charge in [0, 0.05) is 13.1 Å². The van der Waals surface area contributed by atoms with Gasteiger partial charge in [-0.1, -0.05) is 30.3 Å². The molecular weight excluding hydrogens is 435 g/mol. The molecule has 1 N–H and O–H groups in total. The van der Waals surface area contributed by atoms with Crippen LogP contribution >= 0.6 is 0 Å². The van der Waals surface area contributed by atoms with Crippen LogP contribution in [0.1, 0.15) is 36.7 Å². The van der Waals surface area contributed by atoms with E-state index in [4.69, 9.17) is 4.74 Å². The molecule has 0 atom stereocenters. The number of hydrogen-bond donors (Lipinski definition) is 1. The van der Waals surface area contributed by atoms with Crippen LogP contribution in [0.5, 0.6) is 0 Å². The van der Waals surface area contributed by atoms with Crippen LogP contribution in [0.25, 0.3) is 11.1 Å². The maximum Gasteiger partial charge on any atom is 0.410 e. The number of halogens is 1. The summed E-state index contributed by atoms with van der Waals surface area (Å²) in [7, 11) is -3.86. The van der Waals surface area contributed by atoms with Crippen LogP contribution in [-0.4, -0.2) is 55.7 Å². The molecule has 1 aliphatic heterocycles. The van der Waals surface area contributed by atoms with Crippen molar-refractivity contribution in [2.45, 2.75) is 38.5 Å². The van der Waals surface area contributed by atoms with Gasteiger partial charge >= 0.3 is 6.09 Å². The molecule has 0 bridgehead atoms. The summed E-state index contributed by atoms with van der Waals surface area (Å²) in [6, 6.07) is 12.3. The third-order valence-corrected chi connectivity index (χ3v) is 6.76. The summed E-state index contributed by atoms with van der Waals surface area (Å²) in [4.78, 5) is 25.9. The lowest BCUT2D eigenvalue weighted by Gasteiger charge is -2.39. The Morgan fingerprint density at radius 2 is 1.75 bits per heavy atom. The summed E-state index contributed by atoms with van der Waals surface area (Å²) in [5.74, 6) is -1.34. The molecule has 0 saturated carbocycles. The lowest BCUT2D eigenvalue weighted by molar-refractivity contribution is 0.0138. The van der Waals surface area contributed by atoms with Gasteiger partial charge in [-0.2, -0.15) is 0 Å². The Morgan fingerprint density at radius 1 is 1.12 bits per heavy atom. The second kappa shape index (κ2) is 8.99. The van der Waals surface area contributed by atoms with Crippen LogP contribution in [0, 0.1) is 12.7 Å². The average molecular weight is 463 g/mol.